The lowest BCUT2D eigenvalue weighted by Crippen LogP contribution is -2.46. The number of aliphatic imine (C=N–C) groups is 1. The van der Waals surface area contributed by atoms with Crippen molar-refractivity contribution in [2.45, 2.75) is 56.9 Å². The summed E-state index contributed by atoms with van der Waals surface area (Å²) in [6, 6.07) is 6.42. The minimum atomic E-state index is -0.988. The maximum atomic E-state index is 13.8. The van der Waals surface area contributed by atoms with E-state index in [1.165, 1.54) is 6.07 Å². The van der Waals surface area contributed by atoms with Crippen molar-refractivity contribution in [1.29, 1.82) is 0 Å². The van der Waals surface area contributed by atoms with E-state index in [1.807, 2.05) is 13.8 Å². The average Bonchev–Trinajstić information content (AvgIpc) is 2.66. The van der Waals surface area contributed by atoms with E-state index >= 15 is 0 Å². The van der Waals surface area contributed by atoms with Crippen LogP contribution in [0.15, 0.2) is 29.3 Å². The highest BCUT2D eigenvalue weighted by atomic mass is 127. The Balaban J connectivity index is 0.00000364. The third-order valence-electron chi connectivity index (χ3n) is 4.65. The predicted molar refractivity (Wildman–Crippen MR) is 121 cm³/mol. The van der Waals surface area contributed by atoms with Crippen molar-refractivity contribution in [1.82, 2.24) is 10.6 Å². The van der Waals surface area contributed by atoms with Crippen molar-refractivity contribution in [3.63, 3.8) is 0 Å². The second kappa shape index (κ2) is 12.7. The monoisotopic (exact) mass is 511 g/mol. The van der Waals surface area contributed by atoms with Crippen LogP contribution in [0.3, 0.4) is 0 Å². The number of benzene rings is 1. The van der Waals surface area contributed by atoms with E-state index < -0.39 is 22.7 Å². The summed E-state index contributed by atoms with van der Waals surface area (Å²) in [6.07, 6.45) is 2.94. The molecule has 0 spiro atoms. The van der Waals surface area contributed by atoms with Gasteiger partial charge in [0.25, 0.3) is 0 Å². The zero-order valence-corrected chi connectivity index (χ0v) is 19.1. The number of aliphatic hydroxyl groups is 1. The molecule has 1 aromatic rings. The molecule has 8 heteroatoms. The predicted octanol–water partition coefficient (Wildman–Crippen LogP) is 3.11. The molecule has 1 aromatic carbocycles. The van der Waals surface area contributed by atoms with Crippen LogP contribution >= 0.6 is 24.0 Å². The first-order chi connectivity index (χ1) is 12.5. The van der Waals surface area contributed by atoms with Gasteiger partial charge in [0.05, 0.1) is 6.54 Å². The standard InChI is InChI=1S/C19H30FN3O2S.HI/c1-3-21-19(22-13-18(24)16-10-5-6-11-17(16)20)23-14-8-7-9-15(12-14)26(25)4-2;/h5-6,10-11,14-15,18,24H,3-4,7-9,12-13H2,1-2H3,(H2,21,22,23);1H. The zero-order valence-electron chi connectivity index (χ0n) is 16.0. The Labute approximate surface area is 181 Å². The van der Waals surface area contributed by atoms with Gasteiger partial charge in [-0.25, -0.2) is 4.39 Å². The van der Waals surface area contributed by atoms with Crippen molar-refractivity contribution in [2.75, 3.05) is 18.8 Å². The lowest BCUT2D eigenvalue weighted by atomic mass is 9.95. The van der Waals surface area contributed by atoms with Gasteiger partial charge in [0.15, 0.2) is 5.96 Å². The molecule has 0 saturated heterocycles. The van der Waals surface area contributed by atoms with Crippen LogP contribution in [0.2, 0.25) is 0 Å². The van der Waals surface area contributed by atoms with E-state index in [9.17, 15) is 13.7 Å². The molecule has 0 radical (unpaired) electrons. The molecule has 0 aromatic heterocycles. The van der Waals surface area contributed by atoms with Gasteiger partial charge in [0, 0.05) is 40.0 Å². The van der Waals surface area contributed by atoms with E-state index in [0.717, 1.165) is 25.7 Å². The van der Waals surface area contributed by atoms with Gasteiger partial charge < -0.3 is 15.7 Å². The molecule has 4 unspecified atom stereocenters. The summed E-state index contributed by atoms with van der Waals surface area (Å²) < 4.78 is 25.9. The molecule has 154 valence electrons. The smallest absolute Gasteiger partial charge is 0.191 e. The number of nitrogens with one attached hydrogen (secondary N) is 2. The SMILES string of the molecule is CCNC(=NCC(O)c1ccccc1F)NC1CCCC(S(=O)CC)C1.I. The number of nitrogens with zero attached hydrogens (tertiary/aromatic N) is 1. The summed E-state index contributed by atoms with van der Waals surface area (Å²) >= 11 is 0. The van der Waals surface area contributed by atoms with E-state index in [4.69, 9.17) is 0 Å². The first-order valence-electron chi connectivity index (χ1n) is 9.39. The van der Waals surface area contributed by atoms with E-state index in [1.54, 1.807) is 18.2 Å². The van der Waals surface area contributed by atoms with Crippen molar-refractivity contribution in [3.05, 3.63) is 35.6 Å². The van der Waals surface area contributed by atoms with Crippen molar-refractivity contribution in [2.24, 2.45) is 4.99 Å². The Hall–Kier alpha value is -0.740. The van der Waals surface area contributed by atoms with Crippen LogP contribution in [0, 0.1) is 5.82 Å². The summed E-state index contributed by atoms with van der Waals surface area (Å²) in [7, 11) is -0.773. The van der Waals surface area contributed by atoms with E-state index in [-0.39, 0.29) is 47.4 Å². The molecular formula is C19H31FIN3O2S. The van der Waals surface area contributed by atoms with Crippen LogP contribution in [0.4, 0.5) is 4.39 Å². The van der Waals surface area contributed by atoms with Crippen LogP contribution in [0.5, 0.6) is 0 Å². The van der Waals surface area contributed by atoms with Crippen molar-refractivity contribution < 1.29 is 13.7 Å². The Morgan fingerprint density at radius 3 is 2.78 bits per heavy atom. The maximum absolute atomic E-state index is 13.8. The van der Waals surface area contributed by atoms with E-state index in [0.29, 0.717) is 18.3 Å². The molecule has 4 atom stereocenters. The van der Waals surface area contributed by atoms with Gasteiger partial charge in [-0.2, -0.15) is 0 Å². The summed E-state index contributed by atoms with van der Waals surface area (Å²) in [6.45, 7) is 4.70. The van der Waals surface area contributed by atoms with Gasteiger partial charge in [-0.15, -0.1) is 24.0 Å². The van der Waals surface area contributed by atoms with Crippen LogP contribution < -0.4 is 10.6 Å². The highest BCUT2D eigenvalue weighted by Gasteiger charge is 2.26. The van der Waals surface area contributed by atoms with Gasteiger partial charge in [0.1, 0.15) is 11.9 Å². The summed E-state index contributed by atoms with van der Waals surface area (Å²) in [4.78, 5) is 4.42. The molecule has 27 heavy (non-hydrogen) atoms. The van der Waals surface area contributed by atoms with E-state index in [2.05, 4.69) is 15.6 Å². The summed E-state index contributed by atoms with van der Waals surface area (Å²) in [5.41, 5.74) is 0.253. The molecule has 0 heterocycles. The second-order valence-corrected chi connectivity index (χ2v) is 8.56. The first kappa shape index (κ1) is 24.3. The van der Waals surface area contributed by atoms with Crippen molar-refractivity contribution >= 4 is 40.7 Å². The van der Waals surface area contributed by atoms with Crippen LogP contribution in [0.25, 0.3) is 0 Å². The fraction of sp³-hybridized carbons (Fsp3) is 0.632. The van der Waals surface area contributed by atoms with Crippen LogP contribution in [0.1, 0.15) is 51.2 Å². The Bertz CT molecular complexity index is 633. The topological polar surface area (TPSA) is 73.7 Å². The summed E-state index contributed by atoms with van der Waals surface area (Å²) in [5, 5.41) is 17.0. The van der Waals surface area contributed by atoms with Gasteiger partial charge in [0.2, 0.25) is 0 Å². The molecule has 2 rings (SSSR count). The molecule has 3 N–H and O–H groups in total. The minimum absolute atomic E-state index is 0. The van der Waals surface area contributed by atoms with Gasteiger partial charge in [-0.1, -0.05) is 31.5 Å². The fourth-order valence-electron chi connectivity index (χ4n) is 3.29. The number of rotatable bonds is 7. The van der Waals surface area contributed by atoms with Crippen LogP contribution in [-0.4, -0.2) is 45.4 Å². The molecule has 0 aliphatic heterocycles. The Morgan fingerprint density at radius 1 is 1.37 bits per heavy atom. The molecule has 1 aliphatic rings. The molecular weight excluding hydrogens is 480 g/mol. The molecule has 0 bridgehead atoms. The quantitative estimate of drug-likeness (QED) is 0.299. The maximum Gasteiger partial charge on any atom is 0.191 e. The van der Waals surface area contributed by atoms with Crippen molar-refractivity contribution in [3.8, 4) is 0 Å². The first-order valence-corrected chi connectivity index (χ1v) is 10.8. The molecule has 5 nitrogen and oxygen atoms in total. The average molecular weight is 511 g/mol. The zero-order chi connectivity index (χ0) is 18.9. The Kier molecular flexibility index (Phi) is 11.4. The molecule has 0 amide bonds. The highest BCUT2D eigenvalue weighted by molar-refractivity contribution is 14.0. The van der Waals surface area contributed by atoms with Crippen LogP contribution in [-0.2, 0) is 10.8 Å². The molecule has 1 aliphatic carbocycles. The summed E-state index contributed by atoms with van der Waals surface area (Å²) in [5.74, 6) is 0.876. The highest BCUT2D eigenvalue weighted by Crippen LogP contribution is 2.23. The third kappa shape index (κ3) is 7.65. The number of aliphatic hydroxyl groups excluding tert-OH is 1. The normalized spacial score (nSPS) is 22.4. The number of halogens is 2. The number of hydrogen-bond acceptors (Lipinski definition) is 3. The largest absolute Gasteiger partial charge is 0.386 e. The van der Waals surface area contributed by atoms with Gasteiger partial charge in [-0.05, 0) is 32.3 Å². The Morgan fingerprint density at radius 2 is 2.11 bits per heavy atom. The van der Waals surface area contributed by atoms with Gasteiger partial charge >= 0.3 is 0 Å². The van der Waals surface area contributed by atoms with Gasteiger partial charge in [-0.3, -0.25) is 9.20 Å². The third-order valence-corrected chi connectivity index (χ3v) is 6.39. The fourth-order valence-corrected chi connectivity index (χ4v) is 4.63. The lowest BCUT2D eigenvalue weighted by Gasteiger charge is -2.30. The number of guanidine groups is 1. The second-order valence-electron chi connectivity index (χ2n) is 6.56. The lowest BCUT2D eigenvalue weighted by molar-refractivity contribution is 0.182. The number of hydrogen-bond donors (Lipinski definition) is 3. The molecule has 1 fully saturated rings. The minimum Gasteiger partial charge on any atom is -0.386 e. The molecule has 1 saturated carbocycles.